The monoisotopic (exact) mass is 234 g/mol. The number of aromatic nitrogens is 2. The number of carbonyl (C=O) groups excluding carboxylic acids is 1. The van der Waals surface area contributed by atoms with Gasteiger partial charge in [0, 0.05) is 26.2 Å². The lowest BCUT2D eigenvalue weighted by atomic mass is 10.3. The number of carbonyl (C=O) groups is 1. The van der Waals surface area contributed by atoms with Gasteiger partial charge in [0.1, 0.15) is 17.6 Å². The summed E-state index contributed by atoms with van der Waals surface area (Å²) in [6.07, 6.45) is 1.86. The quantitative estimate of drug-likeness (QED) is 0.403. The standard InChI is InChI=1S/C10H14N6O/c11-7-16-9(12)1-2-10(13-16)15-5-3-14(8-17)4-6-15/h1-2,7-8,11-12H,3-6H2. The lowest BCUT2D eigenvalue weighted by Gasteiger charge is -2.33. The molecule has 2 N–H and O–H groups in total. The average molecular weight is 234 g/mol. The van der Waals surface area contributed by atoms with Crippen LogP contribution in [0.1, 0.15) is 0 Å². The van der Waals surface area contributed by atoms with Gasteiger partial charge in [-0.2, -0.15) is 0 Å². The van der Waals surface area contributed by atoms with E-state index in [1.807, 2.05) is 4.90 Å². The van der Waals surface area contributed by atoms with Crippen molar-refractivity contribution in [2.75, 3.05) is 31.1 Å². The number of hydrogen-bond acceptors (Lipinski definition) is 5. The van der Waals surface area contributed by atoms with Crippen molar-refractivity contribution in [2.24, 2.45) is 0 Å². The number of nitrogens with one attached hydrogen (secondary N) is 2. The van der Waals surface area contributed by atoms with Gasteiger partial charge in [-0.05, 0) is 12.1 Å². The van der Waals surface area contributed by atoms with Crippen LogP contribution in [0.15, 0.2) is 12.1 Å². The van der Waals surface area contributed by atoms with E-state index in [2.05, 4.69) is 5.10 Å². The molecule has 1 aromatic heterocycles. The largest absolute Gasteiger partial charge is 0.352 e. The van der Waals surface area contributed by atoms with Crippen molar-refractivity contribution in [3.8, 4) is 0 Å². The molecule has 0 saturated carbocycles. The van der Waals surface area contributed by atoms with Gasteiger partial charge in [0.15, 0.2) is 0 Å². The first-order valence-corrected chi connectivity index (χ1v) is 5.34. The maximum atomic E-state index is 10.6. The first kappa shape index (κ1) is 11.3. The molecular weight excluding hydrogens is 220 g/mol. The molecule has 2 heterocycles. The highest BCUT2D eigenvalue weighted by molar-refractivity contribution is 5.54. The van der Waals surface area contributed by atoms with Crippen molar-refractivity contribution in [1.29, 1.82) is 10.8 Å². The van der Waals surface area contributed by atoms with Crippen molar-refractivity contribution in [3.63, 3.8) is 0 Å². The van der Waals surface area contributed by atoms with Crippen LogP contribution in [-0.4, -0.2) is 53.6 Å². The molecule has 0 unspecified atom stereocenters. The number of hydrogen-bond donors (Lipinski definition) is 2. The number of amides is 1. The third-order valence-corrected chi connectivity index (χ3v) is 2.76. The molecule has 1 aromatic rings. The molecule has 1 amide bonds. The van der Waals surface area contributed by atoms with Crippen LogP contribution in [0.2, 0.25) is 0 Å². The number of rotatable bonds is 3. The second-order valence-corrected chi connectivity index (χ2v) is 3.78. The Morgan fingerprint density at radius 2 is 1.94 bits per heavy atom. The summed E-state index contributed by atoms with van der Waals surface area (Å²) < 4.78 is 1.21. The molecule has 0 aliphatic carbocycles. The second-order valence-electron chi connectivity index (χ2n) is 3.78. The Bertz CT molecular complexity index is 474. The smallest absolute Gasteiger partial charge is 0.209 e. The number of anilines is 1. The summed E-state index contributed by atoms with van der Waals surface area (Å²) in [6, 6.07) is 3.37. The van der Waals surface area contributed by atoms with E-state index < -0.39 is 0 Å². The predicted molar refractivity (Wildman–Crippen MR) is 62.1 cm³/mol. The minimum absolute atomic E-state index is 0.176. The highest BCUT2D eigenvalue weighted by Gasteiger charge is 2.16. The number of piperazine rings is 1. The molecule has 7 nitrogen and oxygen atoms in total. The third kappa shape index (κ3) is 2.32. The second kappa shape index (κ2) is 4.77. The van der Waals surface area contributed by atoms with Crippen LogP contribution in [0.4, 0.5) is 5.82 Å². The van der Waals surface area contributed by atoms with Crippen LogP contribution in [0.5, 0.6) is 0 Å². The van der Waals surface area contributed by atoms with Crippen LogP contribution in [0.25, 0.3) is 0 Å². The van der Waals surface area contributed by atoms with Crippen LogP contribution < -0.4 is 10.4 Å². The molecular formula is C10H14N6O. The molecule has 0 aromatic carbocycles. The molecule has 0 atom stereocenters. The maximum absolute atomic E-state index is 10.6. The van der Waals surface area contributed by atoms with Gasteiger partial charge in [0.25, 0.3) is 0 Å². The van der Waals surface area contributed by atoms with Crippen molar-refractivity contribution in [3.05, 3.63) is 17.6 Å². The molecule has 1 fully saturated rings. The first-order chi connectivity index (χ1) is 8.24. The van der Waals surface area contributed by atoms with Crippen molar-refractivity contribution >= 4 is 18.6 Å². The molecule has 17 heavy (non-hydrogen) atoms. The topological polar surface area (TPSA) is 89.1 Å². The Morgan fingerprint density at radius 1 is 1.24 bits per heavy atom. The summed E-state index contributed by atoms with van der Waals surface area (Å²) in [6.45, 7) is 2.80. The molecule has 1 aliphatic heterocycles. The van der Waals surface area contributed by atoms with Crippen molar-refractivity contribution in [2.45, 2.75) is 0 Å². The number of nitrogens with zero attached hydrogens (tertiary/aromatic N) is 4. The lowest BCUT2D eigenvalue weighted by molar-refractivity contribution is -0.118. The van der Waals surface area contributed by atoms with Crippen LogP contribution in [0.3, 0.4) is 0 Å². The molecule has 0 spiro atoms. The van der Waals surface area contributed by atoms with E-state index in [0.717, 1.165) is 31.7 Å². The normalized spacial score (nSPS) is 15.8. The van der Waals surface area contributed by atoms with Crippen LogP contribution in [-0.2, 0) is 4.79 Å². The molecule has 1 saturated heterocycles. The Balaban J connectivity index is 2.16. The highest BCUT2D eigenvalue weighted by atomic mass is 16.1. The van der Waals surface area contributed by atoms with E-state index in [4.69, 9.17) is 10.8 Å². The Labute approximate surface area is 98.3 Å². The van der Waals surface area contributed by atoms with Crippen LogP contribution >= 0.6 is 0 Å². The van der Waals surface area contributed by atoms with E-state index in [9.17, 15) is 4.79 Å². The minimum Gasteiger partial charge on any atom is -0.352 e. The fourth-order valence-corrected chi connectivity index (χ4v) is 1.75. The van der Waals surface area contributed by atoms with Gasteiger partial charge in [-0.25, -0.2) is 4.68 Å². The fraction of sp³-hybridized carbons (Fsp3) is 0.400. The zero-order valence-corrected chi connectivity index (χ0v) is 9.33. The Hall–Kier alpha value is -2.18. The molecule has 7 heteroatoms. The molecule has 0 bridgehead atoms. The van der Waals surface area contributed by atoms with E-state index >= 15 is 0 Å². The summed E-state index contributed by atoms with van der Waals surface area (Å²) in [5.41, 5.74) is 0.176. The summed E-state index contributed by atoms with van der Waals surface area (Å²) in [5.74, 6) is 0.732. The molecule has 2 rings (SSSR count). The van der Waals surface area contributed by atoms with E-state index in [-0.39, 0.29) is 5.49 Å². The van der Waals surface area contributed by atoms with Crippen LogP contribution in [0, 0.1) is 10.8 Å². The Kier molecular flexibility index (Phi) is 3.17. The zero-order chi connectivity index (χ0) is 12.3. The zero-order valence-electron chi connectivity index (χ0n) is 9.33. The van der Waals surface area contributed by atoms with Crippen molar-refractivity contribution < 1.29 is 4.79 Å². The van der Waals surface area contributed by atoms with E-state index in [1.54, 1.807) is 17.0 Å². The summed E-state index contributed by atoms with van der Waals surface area (Å²) >= 11 is 0. The molecule has 1 aliphatic rings. The molecule has 90 valence electrons. The van der Waals surface area contributed by atoms with Gasteiger partial charge in [0.2, 0.25) is 6.41 Å². The first-order valence-electron chi connectivity index (χ1n) is 5.34. The fourth-order valence-electron chi connectivity index (χ4n) is 1.75. The van der Waals surface area contributed by atoms with Gasteiger partial charge in [-0.1, -0.05) is 0 Å². The summed E-state index contributed by atoms with van der Waals surface area (Å²) in [5, 5.41) is 18.8. The van der Waals surface area contributed by atoms with Gasteiger partial charge in [-0.3, -0.25) is 15.6 Å². The van der Waals surface area contributed by atoms with E-state index in [0.29, 0.717) is 13.1 Å². The third-order valence-electron chi connectivity index (χ3n) is 2.76. The highest BCUT2D eigenvalue weighted by Crippen LogP contribution is 2.10. The Morgan fingerprint density at radius 3 is 2.53 bits per heavy atom. The van der Waals surface area contributed by atoms with Gasteiger partial charge < -0.3 is 9.80 Å². The summed E-state index contributed by atoms with van der Waals surface area (Å²) in [7, 11) is 0. The SMILES string of the molecule is N=Cn1nc(N2CCN(C=O)CC2)ccc1=N. The van der Waals surface area contributed by atoms with Crippen molar-refractivity contribution in [1.82, 2.24) is 14.7 Å². The molecule has 0 radical (unpaired) electrons. The van der Waals surface area contributed by atoms with E-state index in [1.165, 1.54) is 4.68 Å². The average Bonchev–Trinajstić information content (AvgIpc) is 2.39. The maximum Gasteiger partial charge on any atom is 0.209 e. The lowest BCUT2D eigenvalue weighted by Crippen LogP contribution is -2.46. The summed E-state index contributed by atoms with van der Waals surface area (Å²) in [4.78, 5) is 14.3. The van der Waals surface area contributed by atoms with Gasteiger partial charge in [-0.15, -0.1) is 5.10 Å². The minimum atomic E-state index is 0.176. The van der Waals surface area contributed by atoms with Gasteiger partial charge in [0.05, 0.1) is 0 Å². The van der Waals surface area contributed by atoms with Gasteiger partial charge >= 0.3 is 0 Å². The predicted octanol–water partition coefficient (Wildman–Crippen LogP) is -0.904.